The van der Waals surface area contributed by atoms with Crippen molar-refractivity contribution >= 4 is 5.91 Å². The second kappa shape index (κ2) is 10.7. The zero-order valence-electron chi connectivity index (χ0n) is 20.4. The van der Waals surface area contributed by atoms with Gasteiger partial charge in [-0.1, -0.05) is 36.4 Å². The first-order valence-corrected chi connectivity index (χ1v) is 12.0. The van der Waals surface area contributed by atoms with Gasteiger partial charge in [0, 0.05) is 31.8 Å². The second-order valence-electron chi connectivity index (χ2n) is 8.70. The van der Waals surface area contributed by atoms with Gasteiger partial charge in [-0.05, 0) is 37.1 Å². The molecule has 2 aromatic carbocycles. The summed E-state index contributed by atoms with van der Waals surface area (Å²) in [6, 6.07) is 20.7. The number of rotatable bonds is 9. The molecule has 2 aromatic heterocycles. The number of benzene rings is 2. The molecule has 186 valence electrons. The van der Waals surface area contributed by atoms with E-state index >= 15 is 0 Å². The lowest BCUT2D eigenvalue weighted by Gasteiger charge is -2.25. The van der Waals surface area contributed by atoms with Crippen molar-refractivity contribution in [2.45, 2.75) is 25.5 Å². The van der Waals surface area contributed by atoms with Gasteiger partial charge in [-0.15, -0.1) is 0 Å². The van der Waals surface area contributed by atoms with E-state index in [1.54, 1.807) is 28.8 Å². The van der Waals surface area contributed by atoms with Crippen LogP contribution in [0.5, 0.6) is 17.4 Å². The van der Waals surface area contributed by atoms with Crippen LogP contribution in [0.25, 0.3) is 11.3 Å². The fraction of sp³-hybridized carbons (Fsp3) is 0.286. The molecule has 1 atom stereocenters. The molecule has 1 saturated heterocycles. The van der Waals surface area contributed by atoms with Crippen LogP contribution in [0.15, 0.2) is 77.4 Å². The number of hydrogen-bond donors (Lipinski definition) is 0. The molecule has 1 unspecified atom stereocenters. The standard InChI is InChI=1S/C28H29N3O5/c1-30-28(36-22-12-6-11-21(17-22)33-2)24(26(29-30)20-9-4-3-5-10-20)19-31(18-23-13-7-15-34-23)27(32)25-14-8-16-35-25/h3-6,8-12,14,16-17,23H,7,13,15,18-19H2,1-2H3. The van der Waals surface area contributed by atoms with E-state index in [2.05, 4.69) is 0 Å². The van der Waals surface area contributed by atoms with Gasteiger partial charge in [0.25, 0.3) is 5.91 Å². The number of carbonyl (C=O) groups excluding carboxylic acids is 1. The lowest BCUT2D eigenvalue weighted by atomic mass is 10.1. The first-order valence-electron chi connectivity index (χ1n) is 12.0. The van der Waals surface area contributed by atoms with E-state index < -0.39 is 0 Å². The van der Waals surface area contributed by atoms with E-state index in [9.17, 15) is 4.79 Å². The van der Waals surface area contributed by atoms with Gasteiger partial charge in [0.05, 0.1) is 31.6 Å². The van der Waals surface area contributed by atoms with Gasteiger partial charge in [-0.25, -0.2) is 4.68 Å². The molecule has 8 heteroatoms. The number of amides is 1. The summed E-state index contributed by atoms with van der Waals surface area (Å²) in [5.74, 6) is 1.93. The molecule has 0 bridgehead atoms. The van der Waals surface area contributed by atoms with Crippen molar-refractivity contribution < 1.29 is 23.4 Å². The largest absolute Gasteiger partial charge is 0.497 e. The summed E-state index contributed by atoms with van der Waals surface area (Å²) in [5.41, 5.74) is 2.48. The maximum atomic E-state index is 13.5. The Morgan fingerprint density at radius 1 is 1.11 bits per heavy atom. The lowest BCUT2D eigenvalue weighted by molar-refractivity contribution is 0.0483. The van der Waals surface area contributed by atoms with Crippen LogP contribution in [0.2, 0.25) is 0 Å². The molecule has 0 radical (unpaired) electrons. The van der Waals surface area contributed by atoms with Crippen LogP contribution in [0, 0.1) is 0 Å². The van der Waals surface area contributed by atoms with E-state index in [0.717, 1.165) is 29.7 Å². The third kappa shape index (κ3) is 5.13. The molecule has 1 aliphatic heterocycles. The number of aromatic nitrogens is 2. The minimum Gasteiger partial charge on any atom is -0.497 e. The van der Waals surface area contributed by atoms with Crippen molar-refractivity contribution in [2.24, 2.45) is 7.05 Å². The molecule has 3 heterocycles. The maximum Gasteiger partial charge on any atom is 0.289 e. The summed E-state index contributed by atoms with van der Waals surface area (Å²) < 4.78 is 24.7. The zero-order valence-corrected chi connectivity index (χ0v) is 20.4. The molecular formula is C28H29N3O5. The Labute approximate surface area is 210 Å². The predicted molar refractivity (Wildman–Crippen MR) is 134 cm³/mol. The number of methoxy groups -OCH3 is 1. The molecule has 0 spiro atoms. The van der Waals surface area contributed by atoms with Crippen LogP contribution in [0.3, 0.4) is 0 Å². The molecular weight excluding hydrogens is 458 g/mol. The monoisotopic (exact) mass is 487 g/mol. The van der Waals surface area contributed by atoms with Crippen molar-refractivity contribution in [1.29, 1.82) is 0 Å². The Bertz CT molecular complexity index is 1290. The van der Waals surface area contributed by atoms with Gasteiger partial charge in [0.2, 0.25) is 5.88 Å². The number of nitrogens with zero attached hydrogens (tertiary/aromatic N) is 3. The molecule has 0 saturated carbocycles. The molecule has 0 N–H and O–H groups in total. The van der Waals surface area contributed by atoms with E-state index in [4.69, 9.17) is 23.7 Å². The van der Waals surface area contributed by atoms with Crippen molar-refractivity contribution in [3.8, 4) is 28.6 Å². The van der Waals surface area contributed by atoms with Crippen LogP contribution in [0.4, 0.5) is 0 Å². The zero-order chi connectivity index (χ0) is 24.9. The van der Waals surface area contributed by atoms with Crippen LogP contribution >= 0.6 is 0 Å². The summed E-state index contributed by atoms with van der Waals surface area (Å²) in [4.78, 5) is 15.3. The number of carbonyl (C=O) groups is 1. The third-order valence-corrected chi connectivity index (χ3v) is 6.21. The fourth-order valence-electron chi connectivity index (χ4n) is 4.43. The molecule has 5 rings (SSSR count). The maximum absolute atomic E-state index is 13.5. The van der Waals surface area contributed by atoms with E-state index in [-0.39, 0.29) is 24.3 Å². The Hall–Kier alpha value is -4.04. The van der Waals surface area contributed by atoms with Crippen molar-refractivity contribution in [3.63, 3.8) is 0 Å². The number of ether oxygens (including phenoxy) is 3. The number of hydrogen-bond acceptors (Lipinski definition) is 6. The highest BCUT2D eigenvalue weighted by Crippen LogP contribution is 2.35. The second-order valence-corrected chi connectivity index (χ2v) is 8.70. The van der Waals surface area contributed by atoms with Gasteiger partial charge in [-0.2, -0.15) is 5.10 Å². The minimum atomic E-state index is -0.203. The molecule has 4 aromatic rings. The first-order chi connectivity index (χ1) is 17.6. The average molecular weight is 488 g/mol. The SMILES string of the molecule is COc1cccc(Oc2c(CN(CC3CCCO3)C(=O)c3ccco3)c(-c3ccccc3)nn2C)c1. The van der Waals surface area contributed by atoms with Crippen LogP contribution in [0.1, 0.15) is 29.0 Å². The highest BCUT2D eigenvalue weighted by molar-refractivity contribution is 5.91. The first kappa shape index (κ1) is 23.7. The molecule has 8 nitrogen and oxygen atoms in total. The van der Waals surface area contributed by atoms with Crippen LogP contribution < -0.4 is 9.47 Å². The van der Waals surface area contributed by atoms with Gasteiger partial charge in [0.1, 0.15) is 17.2 Å². The smallest absolute Gasteiger partial charge is 0.289 e. The number of furan rings is 1. The Kier molecular flexibility index (Phi) is 7.04. The average Bonchev–Trinajstić information content (AvgIpc) is 3.68. The summed E-state index contributed by atoms with van der Waals surface area (Å²) in [5, 5.41) is 4.79. The lowest BCUT2D eigenvalue weighted by Crippen LogP contribution is -2.37. The quantitative estimate of drug-likeness (QED) is 0.319. The fourth-order valence-corrected chi connectivity index (χ4v) is 4.43. The van der Waals surface area contributed by atoms with Crippen LogP contribution in [-0.4, -0.2) is 47.0 Å². The van der Waals surface area contributed by atoms with E-state index in [1.165, 1.54) is 6.26 Å². The highest BCUT2D eigenvalue weighted by Gasteiger charge is 2.29. The third-order valence-electron chi connectivity index (χ3n) is 6.21. The predicted octanol–water partition coefficient (Wildman–Crippen LogP) is 5.30. The Morgan fingerprint density at radius 3 is 2.67 bits per heavy atom. The Balaban J connectivity index is 1.55. The molecule has 36 heavy (non-hydrogen) atoms. The topological polar surface area (TPSA) is 79.0 Å². The van der Waals surface area contributed by atoms with Crippen molar-refractivity contribution in [1.82, 2.24) is 14.7 Å². The molecule has 1 amide bonds. The van der Waals surface area contributed by atoms with Crippen molar-refractivity contribution in [2.75, 3.05) is 20.3 Å². The van der Waals surface area contributed by atoms with Gasteiger partial charge in [0.15, 0.2) is 5.76 Å². The van der Waals surface area contributed by atoms with Gasteiger partial charge < -0.3 is 23.5 Å². The summed E-state index contributed by atoms with van der Waals surface area (Å²) >= 11 is 0. The molecule has 1 aliphatic rings. The van der Waals surface area contributed by atoms with Gasteiger partial charge >= 0.3 is 0 Å². The summed E-state index contributed by atoms with van der Waals surface area (Å²) in [6.45, 7) is 1.43. The Morgan fingerprint density at radius 2 is 1.94 bits per heavy atom. The highest BCUT2D eigenvalue weighted by atomic mass is 16.5. The van der Waals surface area contributed by atoms with Crippen LogP contribution in [-0.2, 0) is 18.3 Å². The van der Waals surface area contributed by atoms with Crippen molar-refractivity contribution in [3.05, 3.63) is 84.3 Å². The molecule has 1 fully saturated rings. The molecule has 0 aliphatic carbocycles. The van der Waals surface area contributed by atoms with Gasteiger partial charge in [-0.3, -0.25) is 4.79 Å². The summed E-state index contributed by atoms with van der Waals surface area (Å²) in [6.07, 6.45) is 3.38. The normalized spacial score (nSPS) is 15.1. The number of aryl methyl sites for hydroxylation is 1. The minimum absolute atomic E-state index is 0.0245. The van der Waals surface area contributed by atoms with E-state index in [0.29, 0.717) is 30.5 Å². The van der Waals surface area contributed by atoms with E-state index in [1.807, 2.05) is 61.6 Å². The summed E-state index contributed by atoms with van der Waals surface area (Å²) in [7, 11) is 3.45.